The molecule has 0 aliphatic carbocycles. The lowest BCUT2D eigenvalue weighted by molar-refractivity contribution is -0.116. The molecule has 2 aromatic carbocycles. The molecule has 3 rings (SSSR count). The highest BCUT2D eigenvalue weighted by Crippen LogP contribution is 2.27. The van der Waals surface area contributed by atoms with Crippen LogP contribution in [0.3, 0.4) is 0 Å². The highest BCUT2D eigenvalue weighted by atomic mass is 35.5. The predicted molar refractivity (Wildman–Crippen MR) is 106 cm³/mol. The van der Waals surface area contributed by atoms with Crippen LogP contribution in [0.2, 0.25) is 0 Å². The molecular weight excluding hydrogens is 334 g/mol. The highest BCUT2D eigenvalue weighted by molar-refractivity contribution is 5.95. The number of para-hydroxylation sites is 1. The van der Waals surface area contributed by atoms with E-state index in [0.717, 1.165) is 43.0 Å². The summed E-state index contributed by atoms with van der Waals surface area (Å²) in [6, 6.07) is 18.6. The first-order valence-corrected chi connectivity index (χ1v) is 8.63. The largest absolute Gasteiger partial charge is 0.325 e. The van der Waals surface area contributed by atoms with Gasteiger partial charge in [0.15, 0.2) is 0 Å². The number of carbonyl (C=O) groups is 1. The molecule has 25 heavy (non-hydrogen) atoms. The van der Waals surface area contributed by atoms with Gasteiger partial charge in [0.05, 0.1) is 0 Å². The van der Waals surface area contributed by atoms with Gasteiger partial charge in [-0.25, -0.2) is 0 Å². The molecule has 1 saturated heterocycles. The topological polar surface area (TPSA) is 44.4 Å². The van der Waals surface area contributed by atoms with Crippen molar-refractivity contribution in [3.8, 4) is 11.1 Å². The van der Waals surface area contributed by atoms with E-state index in [1.54, 1.807) is 0 Å². The average Bonchev–Trinajstić information content (AvgIpc) is 2.62. The van der Waals surface area contributed by atoms with Crippen molar-refractivity contribution in [2.24, 2.45) is 0 Å². The minimum Gasteiger partial charge on any atom is -0.325 e. The number of rotatable bonds is 5. The summed E-state index contributed by atoms with van der Waals surface area (Å²) in [5.41, 5.74) is 3.05. The molecule has 0 saturated carbocycles. The third-order valence-electron chi connectivity index (χ3n) is 4.55. The fourth-order valence-corrected chi connectivity index (χ4v) is 3.13. The second-order valence-corrected chi connectivity index (χ2v) is 6.30. The Hall–Kier alpha value is -1.88. The van der Waals surface area contributed by atoms with Crippen molar-refractivity contribution in [1.82, 2.24) is 10.2 Å². The summed E-state index contributed by atoms with van der Waals surface area (Å²) in [4.78, 5) is 14.8. The number of nitrogens with zero attached hydrogens (tertiary/aromatic N) is 1. The van der Waals surface area contributed by atoms with E-state index in [-0.39, 0.29) is 18.3 Å². The highest BCUT2D eigenvalue weighted by Gasteiger charge is 2.18. The summed E-state index contributed by atoms with van der Waals surface area (Å²) in [6.07, 6.45) is 0.521. The summed E-state index contributed by atoms with van der Waals surface area (Å²) in [5, 5.41) is 6.46. The zero-order valence-electron chi connectivity index (χ0n) is 14.6. The van der Waals surface area contributed by atoms with Gasteiger partial charge in [-0.2, -0.15) is 0 Å². The van der Waals surface area contributed by atoms with Crippen molar-refractivity contribution in [3.63, 3.8) is 0 Å². The number of hydrogen-bond donors (Lipinski definition) is 2. The van der Waals surface area contributed by atoms with Crippen LogP contribution in [0.15, 0.2) is 54.6 Å². The Morgan fingerprint density at radius 1 is 1.16 bits per heavy atom. The van der Waals surface area contributed by atoms with Crippen molar-refractivity contribution in [2.75, 3.05) is 31.5 Å². The standard InChI is InChI=1S/C20H25N3O.ClH/c1-16-15-21-12-14-23(16)13-11-20(24)22-19-10-6-5-9-18(19)17-7-3-2-4-8-17;/h2-10,16,21H,11-15H2,1H3,(H,22,24);1H/t16-;/m1./s1. The van der Waals surface area contributed by atoms with E-state index in [0.29, 0.717) is 12.5 Å². The lowest BCUT2D eigenvalue weighted by atomic mass is 10.0. The van der Waals surface area contributed by atoms with Crippen molar-refractivity contribution >= 4 is 24.0 Å². The van der Waals surface area contributed by atoms with Crippen molar-refractivity contribution < 1.29 is 4.79 Å². The van der Waals surface area contributed by atoms with Crippen LogP contribution in [-0.4, -0.2) is 43.0 Å². The van der Waals surface area contributed by atoms with Crippen LogP contribution in [0.1, 0.15) is 13.3 Å². The Balaban J connectivity index is 0.00000225. The van der Waals surface area contributed by atoms with Crippen LogP contribution >= 0.6 is 12.4 Å². The van der Waals surface area contributed by atoms with E-state index in [9.17, 15) is 4.79 Å². The summed E-state index contributed by atoms with van der Waals surface area (Å²) in [5.74, 6) is 0.0733. The number of anilines is 1. The Kier molecular flexibility index (Phi) is 7.44. The van der Waals surface area contributed by atoms with E-state index in [1.165, 1.54) is 0 Å². The number of nitrogens with one attached hydrogen (secondary N) is 2. The number of benzene rings is 2. The van der Waals surface area contributed by atoms with Gasteiger partial charge in [0, 0.05) is 49.9 Å². The van der Waals surface area contributed by atoms with Crippen LogP contribution in [0.25, 0.3) is 11.1 Å². The van der Waals surface area contributed by atoms with Crippen LogP contribution < -0.4 is 10.6 Å². The van der Waals surface area contributed by atoms with Gasteiger partial charge in [-0.3, -0.25) is 9.69 Å². The number of carbonyl (C=O) groups excluding carboxylic acids is 1. The molecule has 1 amide bonds. The third kappa shape index (κ3) is 5.30. The molecule has 0 radical (unpaired) electrons. The second-order valence-electron chi connectivity index (χ2n) is 6.30. The fourth-order valence-electron chi connectivity index (χ4n) is 3.13. The van der Waals surface area contributed by atoms with Gasteiger partial charge in [-0.05, 0) is 18.6 Å². The number of halogens is 1. The van der Waals surface area contributed by atoms with Gasteiger partial charge in [-0.15, -0.1) is 12.4 Å². The number of hydrogen-bond acceptors (Lipinski definition) is 3. The van der Waals surface area contributed by atoms with E-state index in [2.05, 4.69) is 34.6 Å². The van der Waals surface area contributed by atoms with Crippen LogP contribution in [-0.2, 0) is 4.79 Å². The number of amides is 1. The molecule has 134 valence electrons. The molecule has 0 bridgehead atoms. The molecule has 2 N–H and O–H groups in total. The van der Waals surface area contributed by atoms with E-state index >= 15 is 0 Å². The van der Waals surface area contributed by atoms with Gasteiger partial charge in [0.25, 0.3) is 0 Å². The fraction of sp³-hybridized carbons (Fsp3) is 0.350. The molecule has 0 aromatic heterocycles. The zero-order chi connectivity index (χ0) is 16.8. The van der Waals surface area contributed by atoms with Crippen LogP contribution in [0, 0.1) is 0 Å². The molecule has 1 fully saturated rings. The Labute approximate surface area is 156 Å². The lowest BCUT2D eigenvalue weighted by Crippen LogP contribution is -2.50. The van der Waals surface area contributed by atoms with Crippen molar-refractivity contribution in [1.29, 1.82) is 0 Å². The molecule has 2 aromatic rings. The maximum Gasteiger partial charge on any atom is 0.225 e. The molecular formula is C20H26ClN3O. The Morgan fingerprint density at radius 2 is 1.88 bits per heavy atom. The van der Waals surface area contributed by atoms with Gasteiger partial charge >= 0.3 is 0 Å². The molecule has 0 unspecified atom stereocenters. The molecule has 1 heterocycles. The zero-order valence-corrected chi connectivity index (χ0v) is 15.4. The number of piperazine rings is 1. The molecule has 4 nitrogen and oxygen atoms in total. The minimum absolute atomic E-state index is 0. The van der Waals surface area contributed by atoms with Gasteiger partial charge in [0.2, 0.25) is 5.91 Å². The van der Waals surface area contributed by atoms with Gasteiger partial charge in [-0.1, -0.05) is 48.5 Å². The SMILES string of the molecule is C[C@@H]1CNCCN1CCC(=O)Nc1ccccc1-c1ccccc1.Cl. The first kappa shape index (κ1) is 19.4. The summed E-state index contributed by atoms with van der Waals surface area (Å²) < 4.78 is 0. The Morgan fingerprint density at radius 3 is 2.64 bits per heavy atom. The molecule has 0 spiro atoms. The average molecular weight is 360 g/mol. The van der Waals surface area contributed by atoms with Gasteiger partial charge < -0.3 is 10.6 Å². The third-order valence-corrected chi connectivity index (χ3v) is 4.55. The predicted octanol–water partition coefficient (Wildman–Crippen LogP) is 3.40. The molecule has 5 heteroatoms. The van der Waals surface area contributed by atoms with E-state index in [1.807, 2.05) is 42.5 Å². The smallest absolute Gasteiger partial charge is 0.225 e. The summed E-state index contributed by atoms with van der Waals surface area (Å²) >= 11 is 0. The first-order chi connectivity index (χ1) is 11.7. The van der Waals surface area contributed by atoms with E-state index in [4.69, 9.17) is 0 Å². The maximum atomic E-state index is 12.4. The summed E-state index contributed by atoms with van der Waals surface area (Å²) in [7, 11) is 0. The second kappa shape index (κ2) is 9.56. The molecule has 1 atom stereocenters. The van der Waals surface area contributed by atoms with Crippen LogP contribution in [0.4, 0.5) is 5.69 Å². The van der Waals surface area contributed by atoms with Crippen molar-refractivity contribution in [3.05, 3.63) is 54.6 Å². The van der Waals surface area contributed by atoms with Gasteiger partial charge in [0.1, 0.15) is 0 Å². The minimum atomic E-state index is 0. The molecule has 1 aliphatic heterocycles. The maximum absolute atomic E-state index is 12.4. The summed E-state index contributed by atoms with van der Waals surface area (Å²) in [6.45, 7) is 6.02. The Bertz CT molecular complexity index is 678. The monoisotopic (exact) mass is 359 g/mol. The van der Waals surface area contributed by atoms with Crippen molar-refractivity contribution in [2.45, 2.75) is 19.4 Å². The first-order valence-electron chi connectivity index (χ1n) is 8.63. The quantitative estimate of drug-likeness (QED) is 0.860. The van der Waals surface area contributed by atoms with Crippen LogP contribution in [0.5, 0.6) is 0 Å². The normalized spacial score (nSPS) is 17.6. The van der Waals surface area contributed by atoms with E-state index < -0.39 is 0 Å². The molecule has 1 aliphatic rings. The lowest BCUT2D eigenvalue weighted by Gasteiger charge is -2.33.